The minimum absolute atomic E-state index is 0.0914. The first kappa shape index (κ1) is 16.8. The highest BCUT2D eigenvalue weighted by atomic mass is 16.6. The molecule has 0 unspecified atom stereocenters. The van der Waals surface area contributed by atoms with Crippen LogP contribution in [0.4, 0.5) is 0 Å². The van der Waals surface area contributed by atoms with Crippen molar-refractivity contribution in [1.82, 2.24) is 0 Å². The van der Waals surface area contributed by atoms with Crippen molar-refractivity contribution in [2.24, 2.45) is 5.92 Å². The maximum atomic E-state index is 11.8. The molecule has 5 nitrogen and oxygen atoms in total. The molecule has 0 saturated heterocycles. The zero-order valence-electron chi connectivity index (χ0n) is 13.8. The molecule has 0 aromatic carbocycles. The van der Waals surface area contributed by atoms with Crippen molar-refractivity contribution in [3.63, 3.8) is 0 Å². The van der Waals surface area contributed by atoms with Crippen LogP contribution in [0.2, 0.25) is 0 Å². The Morgan fingerprint density at radius 2 is 2.18 bits per heavy atom. The highest BCUT2D eigenvalue weighted by Crippen LogP contribution is 2.41. The van der Waals surface area contributed by atoms with Crippen LogP contribution in [0.15, 0.2) is 20.9 Å². The molecule has 22 heavy (non-hydrogen) atoms. The van der Waals surface area contributed by atoms with Gasteiger partial charge in [0.25, 0.3) is 0 Å². The molecule has 1 aromatic heterocycles. The lowest BCUT2D eigenvalue weighted by Gasteiger charge is -2.38. The Hall–Kier alpha value is -1.59. The maximum absolute atomic E-state index is 11.8. The van der Waals surface area contributed by atoms with Crippen molar-refractivity contribution < 1.29 is 19.4 Å². The van der Waals surface area contributed by atoms with Crippen LogP contribution in [0.25, 0.3) is 0 Å². The molecule has 1 aliphatic rings. The van der Waals surface area contributed by atoms with Gasteiger partial charge in [0.2, 0.25) is 0 Å². The van der Waals surface area contributed by atoms with Crippen molar-refractivity contribution in [3.05, 3.63) is 39.0 Å². The Labute approximate surface area is 130 Å². The molecule has 0 amide bonds. The number of hydrogen-bond donors (Lipinski definition) is 2. The zero-order chi connectivity index (χ0) is 16.7. The summed E-state index contributed by atoms with van der Waals surface area (Å²) in [4.78, 5) is 11.8. The second-order valence-corrected chi connectivity index (χ2v) is 6.31. The second kappa shape index (κ2) is 5.89. The summed E-state index contributed by atoms with van der Waals surface area (Å²) in [6, 6.07) is 0. The molecule has 2 rings (SSSR count). The Balaban J connectivity index is 2.51. The van der Waals surface area contributed by atoms with Gasteiger partial charge in [-0.2, -0.15) is 0 Å². The lowest BCUT2D eigenvalue weighted by Crippen LogP contribution is -2.44. The summed E-state index contributed by atoms with van der Waals surface area (Å²) >= 11 is 0. The van der Waals surface area contributed by atoms with Gasteiger partial charge < -0.3 is 19.4 Å². The van der Waals surface area contributed by atoms with E-state index in [2.05, 4.69) is 19.9 Å². The summed E-state index contributed by atoms with van der Waals surface area (Å²) in [7, 11) is 0. The topological polar surface area (TPSA) is 79.9 Å². The lowest BCUT2D eigenvalue weighted by molar-refractivity contribution is -0.122. The van der Waals surface area contributed by atoms with Gasteiger partial charge in [0.15, 0.2) is 5.76 Å². The molecule has 1 aromatic rings. The molecule has 0 spiro atoms. The number of allylic oxidation sites excluding steroid dienone is 1. The number of fused-ring (bicyclic) bond motifs is 1. The Morgan fingerprint density at radius 1 is 1.55 bits per heavy atom. The van der Waals surface area contributed by atoms with E-state index in [0.717, 1.165) is 12.0 Å². The van der Waals surface area contributed by atoms with E-state index < -0.39 is 17.3 Å². The van der Waals surface area contributed by atoms with Crippen molar-refractivity contribution in [2.75, 3.05) is 0 Å². The SMILES string of the molecule is C[13CH2][C@H](C)/[13CH]=C(\C)[13C@H]1OCc2[13c](o[13c](=O)c(C)[13c]2O)[C@@]1(C)O. The van der Waals surface area contributed by atoms with Crippen LogP contribution in [0, 0.1) is 12.8 Å². The molecular weight excluding hydrogens is 290 g/mol. The average Bonchev–Trinajstić information content (AvgIpc) is 2.45. The number of hydrogen-bond acceptors (Lipinski definition) is 5. The van der Waals surface area contributed by atoms with Crippen LogP contribution >= 0.6 is 0 Å². The van der Waals surface area contributed by atoms with Gasteiger partial charge in [-0.25, -0.2) is 4.79 Å². The molecule has 3 atom stereocenters. The first-order valence-corrected chi connectivity index (χ1v) is 7.58. The van der Waals surface area contributed by atoms with Crippen LogP contribution in [0.1, 0.15) is 51.0 Å². The van der Waals surface area contributed by atoms with E-state index in [1.807, 2.05) is 6.92 Å². The van der Waals surface area contributed by atoms with Gasteiger partial charge in [-0.1, -0.05) is 26.3 Å². The summed E-state index contributed by atoms with van der Waals surface area (Å²) in [5, 5.41) is 21.0. The van der Waals surface area contributed by atoms with Crippen molar-refractivity contribution in [2.45, 2.75) is 59.4 Å². The molecule has 0 bridgehead atoms. The van der Waals surface area contributed by atoms with Crippen LogP contribution in [-0.4, -0.2) is 16.3 Å². The first-order valence-electron chi connectivity index (χ1n) is 7.58. The predicted octanol–water partition coefficient (Wildman–Crippen LogP) is 2.75. The lowest BCUT2D eigenvalue weighted by atomic mass is 10.2. The van der Waals surface area contributed by atoms with Gasteiger partial charge in [0, 0.05) is 0 Å². The number of aromatic hydroxyl groups is 1. The second-order valence-electron chi connectivity index (χ2n) is 6.31. The van der Waals surface area contributed by atoms with E-state index in [4.69, 9.17) is 9.15 Å². The Bertz CT molecular complexity index is 654. The normalized spacial score (nSPS) is 26.6. The molecule has 0 saturated carbocycles. The molecule has 0 aliphatic carbocycles. The summed E-state index contributed by atoms with van der Waals surface area (Å²) < 4.78 is 11.0. The van der Waals surface area contributed by atoms with Gasteiger partial charge in [0.05, 0.1) is 17.7 Å². The smallest absolute Gasteiger partial charge is 0.342 e. The molecule has 122 valence electrons. The van der Waals surface area contributed by atoms with Crippen molar-refractivity contribution in [3.8, 4) is 5.75 Å². The monoisotopic (exact) mass is 314 g/mol. The predicted molar refractivity (Wildman–Crippen MR) is 82.7 cm³/mol. The van der Waals surface area contributed by atoms with Gasteiger partial charge in [0.1, 0.15) is 17.5 Å². The largest absolute Gasteiger partial charge is 0.507 e. The van der Waals surface area contributed by atoms with E-state index in [0.29, 0.717) is 11.5 Å². The molecule has 0 fully saturated rings. The molecule has 5 heteroatoms. The van der Waals surface area contributed by atoms with E-state index in [1.165, 1.54) is 6.92 Å². The number of rotatable bonds is 3. The fraction of sp³-hybridized carbons (Fsp3) is 0.588. The van der Waals surface area contributed by atoms with Crippen molar-refractivity contribution >= 4 is 0 Å². The molecule has 1 aliphatic heterocycles. The minimum Gasteiger partial charge on any atom is -0.507 e. The summed E-state index contributed by atoms with van der Waals surface area (Å²) in [5.41, 5.74) is -0.794. The number of aliphatic hydroxyl groups is 1. The molecule has 0 radical (unpaired) electrons. The molecule has 2 heterocycles. The Morgan fingerprint density at radius 3 is 2.77 bits per heavy atom. The van der Waals surface area contributed by atoms with Crippen molar-refractivity contribution in [1.29, 1.82) is 0 Å². The standard InChI is InChI=1S/C17H24O5/c1-6-9(2)7-10(3)14-17(5,20)15-12(8-21-14)13(18)11(4)16(19)22-15/h7,9,14,18,20H,6,8H2,1-5H3/b10-7+/t9-,14+,17-/m0/s1/i6+1,7+1,13+1,14+1,15+1,16+1. The van der Waals surface area contributed by atoms with E-state index in [-0.39, 0.29) is 23.7 Å². The van der Waals surface area contributed by atoms with Crippen LogP contribution in [0.5, 0.6) is 5.75 Å². The fourth-order valence-electron chi connectivity index (χ4n) is 2.88. The fourth-order valence-corrected chi connectivity index (χ4v) is 2.88. The average molecular weight is 314 g/mol. The molecule has 2 N–H and O–H groups in total. The van der Waals surface area contributed by atoms with Gasteiger partial charge >= 0.3 is 5.63 Å². The van der Waals surface area contributed by atoms with E-state index in [9.17, 15) is 15.0 Å². The zero-order valence-corrected chi connectivity index (χ0v) is 13.8. The van der Waals surface area contributed by atoms with Gasteiger partial charge in [-0.3, -0.25) is 0 Å². The van der Waals surface area contributed by atoms with Crippen LogP contribution in [-0.2, 0) is 16.9 Å². The van der Waals surface area contributed by atoms with E-state index >= 15 is 0 Å². The first-order chi connectivity index (χ1) is 10.2. The van der Waals surface area contributed by atoms with Gasteiger partial charge in [-0.05, 0) is 32.3 Å². The van der Waals surface area contributed by atoms with E-state index in [1.54, 1.807) is 6.92 Å². The summed E-state index contributed by atoms with van der Waals surface area (Å²) in [6.07, 6.45) is 2.42. The third-order valence-electron chi connectivity index (χ3n) is 4.39. The quantitative estimate of drug-likeness (QED) is 0.662. The van der Waals surface area contributed by atoms with Gasteiger partial charge in [-0.15, -0.1) is 0 Å². The minimum atomic E-state index is -1.51. The Kier molecular flexibility index (Phi) is 4.49. The highest BCUT2D eigenvalue weighted by Gasteiger charge is 2.45. The van der Waals surface area contributed by atoms with Crippen LogP contribution < -0.4 is 5.63 Å². The molecular formula is C17H24O5. The summed E-state index contributed by atoms with van der Waals surface area (Å²) in [6.45, 7) is 9.19. The van der Waals surface area contributed by atoms with Crippen LogP contribution in [0.3, 0.4) is 0 Å². The maximum Gasteiger partial charge on any atom is 0.342 e. The number of ether oxygens (including phenoxy) is 1. The summed E-state index contributed by atoms with van der Waals surface area (Å²) in [5.74, 6) is 0.293. The third-order valence-corrected chi connectivity index (χ3v) is 4.39. The third kappa shape index (κ3) is 2.71. The highest BCUT2D eigenvalue weighted by molar-refractivity contribution is 5.43.